The molecule has 0 aliphatic carbocycles. The SMILES string of the molecule is CNc1ccncc1C(=O)NCCN(C)C. The summed E-state index contributed by atoms with van der Waals surface area (Å²) in [6.45, 7) is 1.45. The Morgan fingerprint density at radius 2 is 2.25 bits per heavy atom. The maximum atomic E-state index is 11.8. The van der Waals surface area contributed by atoms with E-state index in [4.69, 9.17) is 0 Å². The molecule has 0 saturated heterocycles. The minimum absolute atomic E-state index is 0.0979. The Morgan fingerprint density at radius 1 is 1.50 bits per heavy atom. The van der Waals surface area contributed by atoms with E-state index >= 15 is 0 Å². The fourth-order valence-electron chi connectivity index (χ4n) is 1.28. The number of aromatic nitrogens is 1. The highest BCUT2D eigenvalue weighted by Gasteiger charge is 2.09. The average Bonchev–Trinajstić information content (AvgIpc) is 2.28. The molecule has 0 atom stereocenters. The van der Waals surface area contributed by atoms with Crippen molar-refractivity contribution in [2.75, 3.05) is 39.5 Å². The Balaban J connectivity index is 2.59. The van der Waals surface area contributed by atoms with Crippen molar-refractivity contribution in [2.45, 2.75) is 0 Å². The van der Waals surface area contributed by atoms with Gasteiger partial charge in [0, 0.05) is 38.2 Å². The molecule has 1 aromatic rings. The van der Waals surface area contributed by atoms with E-state index in [9.17, 15) is 4.79 Å². The molecule has 1 aromatic heterocycles. The minimum atomic E-state index is -0.0979. The highest BCUT2D eigenvalue weighted by Crippen LogP contribution is 2.11. The second-order valence-electron chi connectivity index (χ2n) is 3.73. The van der Waals surface area contributed by atoms with E-state index in [1.54, 1.807) is 25.5 Å². The van der Waals surface area contributed by atoms with Crippen molar-refractivity contribution in [1.29, 1.82) is 0 Å². The lowest BCUT2D eigenvalue weighted by atomic mass is 10.2. The van der Waals surface area contributed by atoms with Gasteiger partial charge in [-0.2, -0.15) is 0 Å². The van der Waals surface area contributed by atoms with Gasteiger partial charge < -0.3 is 15.5 Å². The second kappa shape index (κ2) is 6.07. The first-order chi connectivity index (χ1) is 7.65. The molecule has 0 aliphatic rings. The summed E-state index contributed by atoms with van der Waals surface area (Å²) in [4.78, 5) is 17.8. The van der Waals surface area contributed by atoms with Gasteiger partial charge in [0.1, 0.15) is 0 Å². The molecule has 0 spiro atoms. The van der Waals surface area contributed by atoms with E-state index in [1.807, 2.05) is 19.0 Å². The van der Waals surface area contributed by atoms with Crippen LogP contribution < -0.4 is 10.6 Å². The van der Waals surface area contributed by atoms with Crippen molar-refractivity contribution in [3.63, 3.8) is 0 Å². The molecule has 0 fully saturated rings. The number of rotatable bonds is 5. The molecule has 2 N–H and O–H groups in total. The summed E-state index contributed by atoms with van der Waals surface area (Å²) in [5.41, 5.74) is 1.36. The van der Waals surface area contributed by atoms with Crippen molar-refractivity contribution >= 4 is 11.6 Å². The number of carbonyl (C=O) groups excluding carboxylic acids is 1. The summed E-state index contributed by atoms with van der Waals surface area (Å²) >= 11 is 0. The Morgan fingerprint density at radius 3 is 2.88 bits per heavy atom. The monoisotopic (exact) mass is 222 g/mol. The molecule has 1 rings (SSSR count). The number of pyridine rings is 1. The van der Waals surface area contributed by atoms with Crippen molar-refractivity contribution in [1.82, 2.24) is 15.2 Å². The zero-order valence-electron chi connectivity index (χ0n) is 9.95. The molecule has 0 unspecified atom stereocenters. The van der Waals surface area contributed by atoms with Crippen LogP contribution in [0.1, 0.15) is 10.4 Å². The maximum Gasteiger partial charge on any atom is 0.254 e. The fourth-order valence-corrected chi connectivity index (χ4v) is 1.28. The molecule has 1 amide bonds. The number of amides is 1. The molecular weight excluding hydrogens is 204 g/mol. The third-order valence-electron chi connectivity index (χ3n) is 2.18. The van der Waals surface area contributed by atoms with Crippen LogP contribution in [0, 0.1) is 0 Å². The molecule has 5 heteroatoms. The van der Waals surface area contributed by atoms with Gasteiger partial charge in [-0.05, 0) is 20.2 Å². The number of nitrogens with zero attached hydrogens (tertiary/aromatic N) is 2. The van der Waals surface area contributed by atoms with E-state index in [1.165, 1.54) is 0 Å². The predicted octanol–water partition coefficient (Wildman–Crippen LogP) is 0.415. The number of hydrogen-bond donors (Lipinski definition) is 2. The first-order valence-electron chi connectivity index (χ1n) is 5.20. The lowest BCUT2D eigenvalue weighted by Gasteiger charge is -2.11. The first-order valence-corrected chi connectivity index (χ1v) is 5.20. The van der Waals surface area contributed by atoms with Gasteiger partial charge in [-0.15, -0.1) is 0 Å². The third-order valence-corrected chi connectivity index (χ3v) is 2.18. The van der Waals surface area contributed by atoms with Crippen molar-refractivity contribution in [3.8, 4) is 0 Å². The Labute approximate surface area is 95.9 Å². The molecular formula is C11H18N4O. The van der Waals surface area contributed by atoms with E-state index in [-0.39, 0.29) is 5.91 Å². The van der Waals surface area contributed by atoms with Crippen LogP contribution in [0.3, 0.4) is 0 Å². The molecule has 0 saturated carbocycles. The zero-order valence-corrected chi connectivity index (χ0v) is 9.95. The van der Waals surface area contributed by atoms with E-state index in [0.29, 0.717) is 12.1 Å². The highest BCUT2D eigenvalue weighted by molar-refractivity contribution is 5.99. The van der Waals surface area contributed by atoms with Gasteiger partial charge in [-0.1, -0.05) is 0 Å². The van der Waals surface area contributed by atoms with Crippen molar-refractivity contribution < 1.29 is 4.79 Å². The van der Waals surface area contributed by atoms with E-state index in [0.717, 1.165) is 12.2 Å². The van der Waals surface area contributed by atoms with Gasteiger partial charge in [0.15, 0.2) is 0 Å². The molecule has 0 aromatic carbocycles. The van der Waals surface area contributed by atoms with Gasteiger partial charge in [-0.25, -0.2) is 0 Å². The average molecular weight is 222 g/mol. The summed E-state index contributed by atoms with van der Waals surface area (Å²) in [5, 5.41) is 5.81. The maximum absolute atomic E-state index is 11.8. The number of nitrogens with one attached hydrogen (secondary N) is 2. The Hall–Kier alpha value is -1.62. The topological polar surface area (TPSA) is 57.3 Å². The van der Waals surface area contributed by atoms with E-state index < -0.39 is 0 Å². The van der Waals surface area contributed by atoms with E-state index in [2.05, 4.69) is 15.6 Å². The standard InChI is InChI=1S/C11H18N4O/c1-12-10-4-5-13-8-9(10)11(16)14-6-7-15(2)3/h4-5,8H,6-7H2,1-3H3,(H,12,13)(H,14,16). The van der Waals surface area contributed by atoms with Gasteiger partial charge in [0.05, 0.1) is 5.56 Å². The largest absolute Gasteiger partial charge is 0.387 e. The Kier molecular flexibility index (Phi) is 4.72. The molecule has 88 valence electrons. The minimum Gasteiger partial charge on any atom is -0.387 e. The molecule has 5 nitrogen and oxygen atoms in total. The van der Waals surface area contributed by atoms with Gasteiger partial charge in [0.25, 0.3) is 5.91 Å². The summed E-state index contributed by atoms with van der Waals surface area (Å²) < 4.78 is 0. The third kappa shape index (κ3) is 3.51. The fraction of sp³-hybridized carbons (Fsp3) is 0.455. The summed E-state index contributed by atoms with van der Waals surface area (Å²) in [6, 6.07) is 1.78. The molecule has 0 aliphatic heterocycles. The normalized spacial score (nSPS) is 10.2. The molecule has 16 heavy (non-hydrogen) atoms. The van der Waals surface area contributed by atoms with Gasteiger partial charge in [-0.3, -0.25) is 9.78 Å². The first kappa shape index (κ1) is 12.4. The summed E-state index contributed by atoms with van der Waals surface area (Å²) in [5.74, 6) is -0.0979. The smallest absolute Gasteiger partial charge is 0.254 e. The number of anilines is 1. The lowest BCUT2D eigenvalue weighted by Crippen LogP contribution is -2.31. The van der Waals surface area contributed by atoms with Gasteiger partial charge >= 0.3 is 0 Å². The van der Waals surface area contributed by atoms with Crippen LogP contribution in [0.4, 0.5) is 5.69 Å². The number of hydrogen-bond acceptors (Lipinski definition) is 4. The van der Waals surface area contributed by atoms with Crippen LogP contribution in [0.15, 0.2) is 18.5 Å². The lowest BCUT2D eigenvalue weighted by molar-refractivity contribution is 0.0951. The van der Waals surface area contributed by atoms with Crippen LogP contribution in [0.2, 0.25) is 0 Å². The summed E-state index contributed by atoms with van der Waals surface area (Å²) in [6.07, 6.45) is 3.22. The predicted molar refractivity (Wildman–Crippen MR) is 64.7 cm³/mol. The molecule has 0 bridgehead atoms. The van der Waals surface area contributed by atoms with Crippen LogP contribution in [-0.4, -0.2) is 50.0 Å². The van der Waals surface area contributed by atoms with Crippen LogP contribution in [-0.2, 0) is 0 Å². The second-order valence-corrected chi connectivity index (χ2v) is 3.73. The highest BCUT2D eigenvalue weighted by atomic mass is 16.1. The van der Waals surface area contributed by atoms with Crippen LogP contribution >= 0.6 is 0 Å². The van der Waals surface area contributed by atoms with Gasteiger partial charge in [0.2, 0.25) is 0 Å². The molecule has 0 radical (unpaired) electrons. The van der Waals surface area contributed by atoms with Crippen molar-refractivity contribution in [2.24, 2.45) is 0 Å². The molecule has 1 heterocycles. The van der Waals surface area contributed by atoms with Crippen LogP contribution in [0.5, 0.6) is 0 Å². The Bertz CT molecular complexity index is 352. The number of likely N-dealkylation sites (N-methyl/N-ethyl adjacent to an activating group) is 1. The van der Waals surface area contributed by atoms with Crippen molar-refractivity contribution in [3.05, 3.63) is 24.0 Å². The number of carbonyl (C=O) groups is 1. The van der Waals surface area contributed by atoms with Crippen LogP contribution in [0.25, 0.3) is 0 Å². The summed E-state index contributed by atoms with van der Waals surface area (Å²) in [7, 11) is 5.72. The zero-order chi connectivity index (χ0) is 12.0. The quantitative estimate of drug-likeness (QED) is 0.758.